The van der Waals surface area contributed by atoms with Crippen LogP contribution < -0.4 is 4.90 Å². The van der Waals surface area contributed by atoms with E-state index in [1.165, 1.54) is 41.7 Å². The second-order valence-electron chi connectivity index (χ2n) is 7.19. The molecule has 0 bridgehead atoms. The van der Waals surface area contributed by atoms with E-state index in [9.17, 15) is 23.3 Å². The van der Waals surface area contributed by atoms with Crippen LogP contribution >= 0.6 is 23.7 Å². The molecule has 3 aromatic rings. The topological polar surface area (TPSA) is 114 Å². The number of non-ortho nitro benzene ring substituents is 1. The predicted octanol–water partition coefficient (Wildman–Crippen LogP) is 4.02. The first kappa shape index (κ1) is 26.7. The normalized spacial score (nSPS) is 11.4. The van der Waals surface area contributed by atoms with Crippen LogP contribution in [-0.4, -0.2) is 61.6 Å². The number of nitro groups is 1. The SMILES string of the molecule is CCN(CC)CCN(C(=O)c1ccc([N+](=O)[O-])cc1)c1nc2ccc(S(C)(=O)=O)cc2s1.Cl. The second kappa shape index (κ2) is 11.0. The van der Waals surface area contributed by atoms with Gasteiger partial charge in [0.1, 0.15) is 0 Å². The standard InChI is InChI=1S/C21H24N4O5S2.ClH/c1-4-23(5-2)12-13-24(20(26)15-6-8-16(9-7-15)25(27)28)21-22-18-11-10-17(32(3,29)30)14-19(18)31-21;/h6-11,14H,4-5,12-13H2,1-3H3;1H. The fraction of sp³-hybridized carbons (Fsp3) is 0.333. The molecule has 0 spiro atoms. The summed E-state index contributed by atoms with van der Waals surface area (Å²) in [6.45, 7) is 6.72. The third-order valence-corrected chi connectivity index (χ3v) is 7.26. The zero-order chi connectivity index (χ0) is 23.5. The smallest absolute Gasteiger partial charge is 0.269 e. The Hall–Kier alpha value is -2.60. The van der Waals surface area contributed by atoms with Crippen LogP contribution in [0.2, 0.25) is 0 Å². The molecule has 1 aromatic heterocycles. The van der Waals surface area contributed by atoms with Crippen LogP contribution in [0.15, 0.2) is 47.4 Å². The summed E-state index contributed by atoms with van der Waals surface area (Å²) in [6, 6.07) is 10.1. The Balaban J connectivity index is 0.00000385. The van der Waals surface area contributed by atoms with Crippen molar-refractivity contribution in [3.8, 4) is 0 Å². The number of benzene rings is 2. The highest BCUT2D eigenvalue weighted by atomic mass is 35.5. The molecule has 0 atom stereocenters. The minimum Gasteiger partial charge on any atom is -0.302 e. The Kier molecular flexibility index (Phi) is 8.89. The molecular formula is C21H25ClN4O5S2. The summed E-state index contributed by atoms with van der Waals surface area (Å²) in [6.07, 6.45) is 1.14. The van der Waals surface area contributed by atoms with E-state index in [2.05, 4.69) is 9.88 Å². The van der Waals surface area contributed by atoms with Gasteiger partial charge >= 0.3 is 0 Å². The van der Waals surface area contributed by atoms with Gasteiger partial charge in [-0.05, 0) is 43.4 Å². The van der Waals surface area contributed by atoms with Crippen LogP contribution in [0.3, 0.4) is 0 Å². The number of nitrogens with zero attached hydrogens (tertiary/aromatic N) is 4. The van der Waals surface area contributed by atoms with Crippen LogP contribution in [0, 0.1) is 10.1 Å². The van der Waals surface area contributed by atoms with Crippen molar-refractivity contribution in [2.75, 3.05) is 37.3 Å². The quantitative estimate of drug-likeness (QED) is 0.314. The number of carbonyl (C=O) groups is 1. The van der Waals surface area contributed by atoms with Crippen molar-refractivity contribution >= 4 is 60.5 Å². The van der Waals surface area contributed by atoms with Crippen LogP contribution in [0.25, 0.3) is 10.2 Å². The van der Waals surface area contributed by atoms with Gasteiger partial charge in [-0.25, -0.2) is 13.4 Å². The first-order valence-electron chi connectivity index (χ1n) is 10.0. The Morgan fingerprint density at radius 1 is 1.09 bits per heavy atom. The van der Waals surface area contributed by atoms with Crippen LogP contribution in [0.5, 0.6) is 0 Å². The first-order valence-corrected chi connectivity index (χ1v) is 12.7. The Morgan fingerprint density at radius 2 is 1.73 bits per heavy atom. The molecule has 0 aliphatic carbocycles. The Morgan fingerprint density at radius 3 is 2.27 bits per heavy atom. The van der Waals surface area contributed by atoms with Gasteiger partial charge in [0.05, 0.1) is 20.0 Å². The minimum absolute atomic E-state index is 0. The lowest BCUT2D eigenvalue weighted by molar-refractivity contribution is -0.384. The predicted molar refractivity (Wildman–Crippen MR) is 133 cm³/mol. The molecule has 1 amide bonds. The highest BCUT2D eigenvalue weighted by Crippen LogP contribution is 2.31. The number of halogens is 1. The first-order chi connectivity index (χ1) is 15.1. The Labute approximate surface area is 202 Å². The molecule has 9 nitrogen and oxygen atoms in total. The van der Waals surface area contributed by atoms with Gasteiger partial charge in [0, 0.05) is 37.0 Å². The van der Waals surface area contributed by atoms with Gasteiger partial charge in [-0.1, -0.05) is 25.2 Å². The van der Waals surface area contributed by atoms with Crippen LogP contribution in [0.1, 0.15) is 24.2 Å². The summed E-state index contributed by atoms with van der Waals surface area (Å²) in [5.41, 5.74) is 0.817. The molecular weight excluding hydrogens is 488 g/mol. The van der Waals surface area contributed by atoms with Crippen molar-refractivity contribution in [3.63, 3.8) is 0 Å². The van der Waals surface area contributed by atoms with Gasteiger partial charge in [0.2, 0.25) is 0 Å². The number of nitro benzene ring substituents is 1. The number of sulfone groups is 1. The molecule has 0 saturated heterocycles. The van der Waals surface area contributed by atoms with Crippen molar-refractivity contribution in [1.29, 1.82) is 0 Å². The lowest BCUT2D eigenvalue weighted by Gasteiger charge is -2.24. The second-order valence-corrected chi connectivity index (χ2v) is 10.2. The molecule has 1 heterocycles. The van der Waals surface area contributed by atoms with Crippen molar-refractivity contribution in [2.24, 2.45) is 0 Å². The van der Waals surface area contributed by atoms with Gasteiger partial charge in [0.15, 0.2) is 15.0 Å². The average molecular weight is 513 g/mol. The fourth-order valence-corrected chi connectivity index (χ4v) is 4.94. The molecule has 0 fully saturated rings. The molecule has 0 aliphatic rings. The zero-order valence-electron chi connectivity index (χ0n) is 18.4. The summed E-state index contributed by atoms with van der Waals surface area (Å²) in [5.74, 6) is -0.325. The molecule has 0 saturated carbocycles. The minimum atomic E-state index is -3.37. The van der Waals surface area contributed by atoms with E-state index < -0.39 is 14.8 Å². The van der Waals surface area contributed by atoms with E-state index in [4.69, 9.17) is 0 Å². The van der Waals surface area contributed by atoms with Gasteiger partial charge in [0.25, 0.3) is 11.6 Å². The number of fused-ring (bicyclic) bond motifs is 1. The number of hydrogen-bond acceptors (Lipinski definition) is 8. The van der Waals surface area contributed by atoms with Gasteiger partial charge < -0.3 is 4.90 Å². The molecule has 0 unspecified atom stereocenters. The highest BCUT2D eigenvalue weighted by molar-refractivity contribution is 7.90. The number of amides is 1. The molecule has 3 rings (SSSR count). The van der Waals surface area contributed by atoms with E-state index in [1.54, 1.807) is 17.0 Å². The number of thiazole rings is 1. The Bertz CT molecular complexity index is 1240. The van der Waals surface area contributed by atoms with Crippen molar-refractivity contribution in [3.05, 3.63) is 58.1 Å². The van der Waals surface area contributed by atoms with Crippen molar-refractivity contribution < 1.29 is 18.1 Å². The van der Waals surface area contributed by atoms with Crippen LogP contribution in [-0.2, 0) is 9.84 Å². The summed E-state index contributed by atoms with van der Waals surface area (Å²) in [7, 11) is -3.37. The molecule has 33 heavy (non-hydrogen) atoms. The summed E-state index contributed by atoms with van der Waals surface area (Å²) in [4.78, 5) is 32.2. The molecule has 0 radical (unpaired) electrons. The van der Waals surface area contributed by atoms with E-state index in [-0.39, 0.29) is 28.9 Å². The van der Waals surface area contributed by atoms with Crippen LogP contribution in [0.4, 0.5) is 10.8 Å². The number of likely N-dealkylation sites (N-methyl/N-ethyl adjacent to an activating group) is 1. The number of carbonyl (C=O) groups excluding carboxylic acids is 1. The zero-order valence-corrected chi connectivity index (χ0v) is 20.9. The van der Waals surface area contributed by atoms with E-state index in [0.29, 0.717) is 34.0 Å². The number of rotatable bonds is 9. The monoisotopic (exact) mass is 512 g/mol. The largest absolute Gasteiger partial charge is 0.302 e. The maximum absolute atomic E-state index is 13.3. The molecule has 2 aromatic carbocycles. The van der Waals surface area contributed by atoms with Gasteiger partial charge in [-0.15, -0.1) is 12.4 Å². The third-order valence-electron chi connectivity index (χ3n) is 5.11. The maximum Gasteiger partial charge on any atom is 0.269 e. The summed E-state index contributed by atoms with van der Waals surface area (Å²) in [5, 5.41) is 11.4. The number of hydrogen-bond donors (Lipinski definition) is 0. The number of aromatic nitrogens is 1. The molecule has 0 N–H and O–H groups in total. The third kappa shape index (κ3) is 6.26. The summed E-state index contributed by atoms with van der Waals surface area (Å²) < 4.78 is 24.5. The van der Waals surface area contributed by atoms with E-state index in [1.807, 2.05) is 13.8 Å². The lowest BCUT2D eigenvalue weighted by atomic mass is 10.2. The van der Waals surface area contributed by atoms with E-state index >= 15 is 0 Å². The van der Waals surface area contributed by atoms with Gasteiger partial charge in [-0.3, -0.25) is 19.8 Å². The molecule has 0 aliphatic heterocycles. The lowest BCUT2D eigenvalue weighted by Crippen LogP contribution is -2.38. The molecule has 178 valence electrons. The van der Waals surface area contributed by atoms with Crippen molar-refractivity contribution in [2.45, 2.75) is 18.7 Å². The summed E-state index contributed by atoms with van der Waals surface area (Å²) >= 11 is 1.24. The fourth-order valence-electron chi connectivity index (χ4n) is 3.19. The maximum atomic E-state index is 13.3. The van der Waals surface area contributed by atoms with E-state index in [0.717, 1.165) is 19.3 Å². The van der Waals surface area contributed by atoms with Gasteiger partial charge in [-0.2, -0.15) is 0 Å². The highest BCUT2D eigenvalue weighted by Gasteiger charge is 2.23. The number of anilines is 1. The molecule has 12 heteroatoms. The average Bonchev–Trinajstić information content (AvgIpc) is 3.19. The van der Waals surface area contributed by atoms with Crippen molar-refractivity contribution in [1.82, 2.24) is 9.88 Å².